The number of rotatable bonds is 5. The van der Waals surface area contributed by atoms with Crippen molar-refractivity contribution in [3.63, 3.8) is 0 Å². The third kappa shape index (κ3) is 2.87. The minimum absolute atomic E-state index is 0.320. The first-order valence-electron chi connectivity index (χ1n) is 10.1. The van der Waals surface area contributed by atoms with E-state index in [1.165, 1.54) is 31.1 Å². The summed E-state index contributed by atoms with van der Waals surface area (Å²) < 4.78 is 0. The van der Waals surface area contributed by atoms with Crippen LogP contribution >= 0.6 is 0 Å². The highest BCUT2D eigenvalue weighted by molar-refractivity contribution is 5.98. The molecular formula is C21H28N6. The third-order valence-corrected chi connectivity index (χ3v) is 6.51. The lowest BCUT2D eigenvalue weighted by atomic mass is 9.82. The lowest BCUT2D eigenvalue weighted by molar-refractivity contribution is 0.240. The number of nitrogens with two attached hydrogens (primary N) is 1. The van der Waals surface area contributed by atoms with Gasteiger partial charge < -0.3 is 21.4 Å². The molecule has 5 N–H and O–H groups in total. The standard InChI is InChI=1S/C21H28N6/c1-12(14-6-7-14)21(17-4-3-5-18-16(17)10-11-23-18)26-19(22)25-20(27-21)24-13(2)15-8-9-15/h3-5,10-15,23H,6-9H2,1-2H3,(H4,22,24,25,26,27). The number of hydrogen-bond donors (Lipinski definition) is 4. The summed E-state index contributed by atoms with van der Waals surface area (Å²) in [6, 6.07) is 8.89. The highest BCUT2D eigenvalue weighted by atomic mass is 15.4. The molecule has 5 rings (SSSR count). The maximum atomic E-state index is 6.26. The fourth-order valence-corrected chi connectivity index (χ4v) is 4.50. The molecule has 6 heteroatoms. The van der Waals surface area contributed by atoms with Crippen molar-refractivity contribution >= 4 is 22.8 Å². The minimum atomic E-state index is -0.597. The number of aliphatic imine (C=N–C) groups is 2. The molecule has 2 saturated carbocycles. The van der Waals surface area contributed by atoms with Gasteiger partial charge in [0.2, 0.25) is 11.9 Å². The summed E-state index contributed by atoms with van der Waals surface area (Å²) in [6.07, 6.45) is 7.07. The van der Waals surface area contributed by atoms with Crippen molar-refractivity contribution in [3.05, 3.63) is 36.0 Å². The van der Waals surface area contributed by atoms with Crippen molar-refractivity contribution in [1.29, 1.82) is 0 Å². The fourth-order valence-electron chi connectivity index (χ4n) is 4.50. The number of hydrogen-bond acceptors (Lipinski definition) is 5. The first kappa shape index (κ1) is 16.7. The Morgan fingerprint density at radius 1 is 1.15 bits per heavy atom. The zero-order valence-electron chi connectivity index (χ0n) is 16.0. The molecule has 3 aliphatic rings. The van der Waals surface area contributed by atoms with Gasteiger partial charge in [0.05, 0.1) is 0 Å². The molecule has 0 radical (unpaired) electrons. The van der Waals surface area contributed by atoms with Crippen molar-refractivity contribution in [2.45, 2.75) is 51.2 Å². The first-order chi connectivity index (χ1) is 13.1. The Morgan fingerprint density at radius 2 is 1.93 bits per heavy atom. The second-order valence-electron chi connectivity index (χ2n) is 8.46. The van der Waals surface area contributed by atoms with Gasteiger partial charge in [-0.05, 0) is 56.6 Å². The summed E-state index contributed by atoms with van der Waals surface area (Å²) in [5.41, 5.74) is 7.94. The maximum Gasteiger partial charge on any atom is 0.221 e. The predicted octanol–water partition coefficient (Wildman–Crippen LogP) is 3.03. The van der Waals surface area contributed by atoms with E-state index in [-0.39, 0.29) is 0 Å². The summed E-state index contributed by atoms with van der Waals surface area (Å²) in [4.78, 5) is 12.8. The molecule has 0 spiro atoms. The topological polar surface area (TPSA) is 90.6 Å². The van der Waals surface area contributed by atoms with Gasteiger partial charge in [-0.3, -0.25) is 0 Å². The van der Waals surface area contributed by atoms with E-state index in [1.807, 2.05) is 6.20 Å². The van der Waals surface area contributed by atoms with E-state index in [1.54, 1.807) is 0 Å². The summed E-state index contributed by atoms with van der Waals surface area (Å²) >= 11 is 0. The number of guanidine groups is 2. The SMILES string of the molecule is CC(NC1=NC(N)=NC(c2cccc3[nH]ccc23)(C(C)C2CC2)N1)C1CC1. The van der Waals surface area contributed by atoms with Crippen LogP contribution in [0.15, 0.2) is 40.4 Å². The van der Waals surface area contributed by atoms with E-state index < -0.39 is 5.66 Å². The van der Waals surface area contributed by atoms with Crippen molar-refractivity contribution in [3.8, 4) is 0 Å². The Hall–Kier alpha value is -2.50. The molecule has 142 valence electrons. The number of nitrogens with one attached hydrogen (secondary N) is 3. The zero-order chi connectivity index (χ0) is 18.6. The van der Waals surface area contributed by atoms with E-state index in [0.29, 0.717) is 23.8 Å². The van der Waals surface area contributed by atoms with E-state index >= 15 is 0 Å². The molecule has 1 aromatic heterocycles. The smallest absolute Gasteiger partial charge is 0.221 e. The molecule has 3 unspecified atom stereocenters. The molecule has 2 fully saturated rings. The summed E-state index contributed by atoms with van der Waals surface area (Å²) in [7, 11) is 0. The number of nitrogens with zero attached hydrogens (tertiary/aromatic N) is 2. The average molecular weight is 364 g/mol. The second-order valence-corrected chi connectivity index (χ2v) is 8.46. The molecule has 6 nitrogen and oxygen atoms in total. The van der Waals surface area contributed by atoms with Crippen molar-refractivity contribution in [1.82, 2.24) is 15.6 Å². The summed E-state index contributed by atoms with van der Waals surface area (Å²) in [5.74, 6) is 2.81. The molecule has 2 aliphatic carbocycles. The highest BCUT2D eigenvalue weighted by Gasteiger charge is 2.48. The molecule has 0 amide bonds. The Morgan fingerprint density at radius 3 is 2.67 bits per heavy atom. The Kier molecular flexibility index (Phi) is 3.71. The molecule has 1 aliphatic heterocycles. The van der Waals surface area contributed by atoms with Crippen molar-refractivity contribution in [2.24, 2.45) is 33.5 Å². The second kappa shape index (κ2) is 6.01. The van der Waals surface area contributed by atoms with Gasteiger partial charge in [-0.2, -0.15) is 4.99 Å². The zero-order valence-corrected chi connectivity index (χ0v) is 16.0. The van der Waals surface area contributed by atoms with Gasteiger partial charge in [0.25, 0.3) is 0 Å². The molecular weight excluding hydrogens is 336 g/mol. The molecule has 2 aromatic rings. The predicted molar refractivity (Wildman–Crippen MR) is 109 cm³/mol. The molecule has 1 aromatic carbocycles. The van der Waals surface area contributed by atoms with Crippen LogP contribution in [0.1, 0.15) is 45.1 Å². The van der Waals surface area contributed by atoms with Crippen LogP contribution < -0.4 is 16.4 Å². The molecule has 3 atom stereocenters. The largest absolute Gasteiger partial charge is 0.368 e. The van der Waals surface area contributed by atoms with Gasteiger partial charge in [-0.15, -0.1) is 0 Å². The van der Waals surface area contributed by atoms with Crippen LogP contribution in [0.4, 0.5) is 0 Å². The van der Waals surface area contributed by atoms with Gasteiger partial charge in [0.1, 0.15) is 0 Å². The van der Waals surface area contributed by atoms with E-state index in [0.717, 1.165) is 23.0 Å². The third-order valence-electron chi connectivity index (χ3n) is 6.51. The Labute approximate surface area is 159 Å². The van der Waals surface area contributed by atoms with Crippen LogP contribution in [-0.4, -0.2) is 22.9 Å². The molecule has 2 heterocycles. The molecule has 27 heavy (non-hydrogen) atoms. The number of fused-ring (bicyclic) bond motifs is 1. The van der Waals surface area contributed by atoms with E-state index in [2.05, 4.69) is 58.7 Å². The average Bonchev–Trinajstić information content (AvgIpc) is 3.56. The minimum Gasteiger partial charge on any atom is -0.368 e. The van der Waals surface area contributed by atoms with Crippen molar-refractivity contribution < 1.29 is 0 Å². The molecule has 0 saturated heterocycles. The van der Waals surface area contributed by atoms with Crippen LogP contribution in [0.5, 0.6) is 0 Å². The summed E-state index contributed by atoms with van der Waals surface area (Å²) in [6.45, 7) is 4.52. The monoisotopic (exact) mass is 364 g/mol. The van der Waals surface area contributed by atoms with Gasteiger partial charge in [0.15, 0.2) is 5.66 Å². The quantitative estimate of drug-likeness (QED) is 0.657. The van der Waals surface area contributed by atoms with E-state index in [9.17, 15) is 0 Å². The lowest BCUT2D eigenvalue weighted by Crippen LogP contribution is -2.58. The van der Waals surface area contributed by atoms with Crippen LogP contribution in [0.2, 0.25) is 0 Å². The van der Waals surface area contributed by atoms with Gasteiger partial charge in [-0.1, -0.05) is 19.1 Å². The lowest BCUT2D eigenvalue weighted by Gasteiger charge is -2.41. The number of aromatic amines is 1. The number of benzene rings is 1. The van der Waals surface area contributed by atoms with Crippen molar-refractivity contribution in [2.75, 3.05) is 0 Å². The van der Waals surface area contributed by atoms with Crippen LogP contribution in [0.3, 0.4) is 0 Å². The van der Waals surface area contributed by atoms with Gasteiger partial charge in [0, 0.05) is 34.6 Å². The van der Waals surface area contributed by atoms with Crippen LogP contribution in [0, 0.1) is 17.8 Å². The molecule has 0 bridgehead atoms. The van der Waals surface area contributed by atoms with Crippen LogP contribution in [-0.2, 0) is 5.66 Å². The fraction of sp³-hybridized carbons (Fsp3) is 0.524. The van der Waals surface area contributed by atoms with E-state index in [4.69, 9.17) is 10.7 Å². The highest BCUT2D eigenvalue weighted by Crippen LogP contribution is 2.48. The first-order valence-corrected chi connectivity index (χ1v) is 10.1. The Balaban J connectivity index is 1.59. The maximum absolute atomic E-state index is 6.26. The van der Waals surface area contributed by atoms with Crippen LogP contribution in [0.25, 0.3) is 10.9 Å². The number of H-pyrrole nitrogens is 1. The summed E-state index contributed by atoms with van der Waals surface area (Å²) in [5, 5.41) is 8.44. The normalized spacial score (nSPS) is 27.5. The van der Waals surface area contributed by atoms with Gasteiger partial charge in [-0.25, -0.2) is 4.99 Å². The number of aromatic nitrogens is 1. The Bertz CT molecular complexity index is 920. The van der Waals surface area contributed by atoms with Gasteiger partial charge >= 0.3 is 0 Å².